The first-order valence-electron chi connectivity index (χ1n) is 12.4. The second-order valence-electron chi connectivity index (χ2n) is 9.60. The van der Waals surface area contributed by atoms with Gasteiger partial charge in [0.05, 0.1) is 0 Å². The van der Waals surface area contributed by atoms with Crippen LogP contribution in [0.1, 0.15) is 89.7 Å². The Balaban J connectivity index is 1.48. The lowest BCUT2D eigenvalue weighted by Crippen LogP contribution is -2.21. The Bertz CT molecular complexity index is 686. The fraction of sp³-hybridized carbons (Fsp3) is 0.586. The molecular weight excluding hydrogens is 348 g/mol. The number of hydrogen-bond donors (Lipinski definition) is 0. The molecular formula is C29H42. The van der Waals surface area contributed by atoms with Crippen molar-refractivity contribution in [3.05, 3.63) is 59.7 Å². The Morgan fingerprint density at radius 1 is 0.724 bits per heavy atom. The summed E-state index contributed by atoms with van der Waals surface area (Å²) in [4.78, 5) is 0. The van der Waals surface area contributed by atoms with E-state index < -0.39 is 0 Å². The van der Waals surface area contributed by atoms with E-state index in [2.05, 4.69) is 69.3 Å². The number of hydrogen-bond acceptors (Lipinski definition) is 0. The quantitative estimate of drug-likeness (QED) is 0.355. The average molecular weight is 391 g/mol. The molecule has 2 aromatic carbocycles. The molecule has 0 nitrogen and oxygen atoms in total. The maximum Gasteiger partial charge on any atom is -0.0184 e. The second-order valence-corrected chi connectivity index (χ2v) is 9.60. The fourth-order valence-electron chi connectivity index (χ4n) is 5.25. The van der Waals surface area contributed by atoms with Gasteiger partial charge in [-0.3, -0.25) is 0 Å². The van der Waals surface area contributed by atoms with E-state index in [1.165, 1.54) is 92.9 Å². The van der Waals surface area contributed by atoms with Crippen molar-refractivity contribution in [1.82, 2.24) is 0 Å². The van der Waals surface area contributed by atoms with Crippen LogP contribution in [0.2, 0.25) is 0 Å². The zero-order valence-corrected chi connectivity index (χ0v) is 19.1. The van der Waals surface area contributed by atoms with E-state index in [1.807, 2.05) is 0 Å². The van der Waals surface area contributed by atoms with Crippen molar-refractivity contribution in [2.75, 3.05) is 0 Å². The zero-order chi connectivity index (χ0) is 20.5. The van der Waals surface area contributed by atoms with Crippen LogP contribution in [0.4, 0.5) is 0 Å². The van der Waals surface area contributed by atoms with Crippen LogP contribution in [0.15, 0.2) is 48.5 Å². The first-order valence-corrected chi connectivity index (χ1v) is 12.4. The van der Waals surface area contributed by atoms with Crippen LogP contribution < -0.4 is 0 Å². The van der Waals surface area contributed by atoms with Gasteiger partial charge >= 0.3 is 0 Å². The molecule has 158 valence electrons. The minimum Gasteiger partial charge on any atom is -0.0654 e. The van der Waals surface area contributed by atoms with Crippen LogP contribution in [-0.2, 0) is 12.8 Å². The Morgan fingerprint density at radius 2 is 1.31 bits per heavy atom. The molecule has 3 rings (SSSR count). The molecule has 0 radical (unpaired) electrons. The molecule has 1 atom stereocenters. The van der Waals surface area contributed by atoms with Crippen LogP contribution in [0.3, 0.4) is 0 Å². The number of unbranched alkanes of at least 4 members (excludes halogenated alkanes) is 2. The highest BCUT2D eigenvalue weighted by Crippen LogP contribution is 2.37. The minimum atomic E-state index is 0.811. The number of rotatable bonds is 10. The van der Waals surface area contributed by atoms with Gasteiger partial charge in [-0.25, -0.2) is 0 Å². The second kappa shape index (κ2) is 11.6. The SMILES string of the molecule is CCCCCC1CCC(C(C)Cc2ccc(-c3ccc(CCC)cc3)cc2)CC1. The molecule has 0 N–H and O–H groups in total. The molecule has 1 aliphatic rings. The van der Waals surface area contributed by atoms with Crippen molar-refractivity contribution in [2.24, 2.45) is 17.8 Å². The third kappa shape index (κ3) is 6.73. The van der Waals surface area contributed by atoms with E-state index in [-0.39, 0.29) is 0 Å². The van der Waals surface area contributed by atoms with E-state index >= 15 is 0 Å². The Kier molecular flexibility index (Phi) is 8.84. The average Bonchev–Trinajstić information content (AvgIpc) is 2.76. The molecule has 29 heavy (non-hydrogen) atoms. The third-order valence-corrected chi connectivity index (χ3v) is 7.25. The highest BCUT2D eigenvalue weighted by atomic mass is 14.3. The smallest absolute Gasteiger partial charge is 0.0184 e. The summed E-state index contributed by atoms with van der Waals surface area (Å²) < 4.78 is 0. The number of benzene rings is 2. The number of aryl methyl sites for hydroxylation is 1. The lowest BCUT2D eigenvalue weighted by Gasteiger charge is -2.32. The van der Waals surface area contributed by atoms with Crippen molar-refractivity contribution in [2.45, 2.75) is 91.4 Å². The first-order chi connectivity index (χ1) is 14.2. The normalized spacial score (nSPS) is 20.5. The summed E-state index contributed by atoms with van der Waals surface area (Å²) in [5, 5.41) is 0. The van der Waals surface area contributed by atoms with Crippen molar-refractivity contribution in [3.63, 3.8) is 0 Å². The van der Waals surface area contributed by atoms with E-state index in [1.54, 1.807) is 0 Å². The standard InChI is InChI=1S/C29H42/c1-4-6-7-9-25-10-16-27(17-11-25)23(3)22-26-14-20-29(21-15-26)28-18-12-24(8-5-2)13-19-28/h12-15,18-21,23,25,27H,4-11,16-17,22H2,1-3H3. The summed E-state index contributed by atoms with van der Waals surface area (Å²) in [5.41, 5.74) is 5.64. The molecule has 0 amide bonds. The Labute approximate surface area is 180 Å². The maximum absolute atomic E-state index is 2.49. The maximum atomic E-state index is 2.49. The van der Waals surface area contributed by atoms with Gasteiger partial charge in [-0.2, -0.15) is 0 Å². The molecule has 0 aromatic heterocycles. The lowest BCUT2D eigenvalue weighted by atomic mass is 9.73. The predicted octanol–water partition coefficient (Wildman–Crippen LogP) is 8.87. The highest BCUT2D eigenvalue weighted by Gasteiger charge is 2.25. The Hall–Kier alpha value is -1.56. The summed E-state index contributed by atoms with van der Waals surface area (Å²) in [7, 11) is 0. The van der Waals surface area contributed by atoms with E-state index in [0.717, 1.165) is 17.8 Å². The molecule has 0 bridgehead atoms. The molecule has 0 aliphatic heterocycles. The van der Waals surface area contributed by atoms with Crippen molar-refractivity contribution < 1.29 is 0 Å². The highest BCUT2D eigenvalue weighted by molar-refractivity contribution is 5.64. The molecule has 0 spiro atoms. The van der Waals surface area contributed by atoms with Crippen LogP contribution in [0.5, 0.6) is 0 Å². The van der Waals surface area contributed by atoms with Crippen molar-refractivity contribution >= 4 is 0 Å². The molecule has 0 saturated heterocycles. The van der Waals surface area contributed by atoms with Gasteiger partial charge in [-0.05, 0) is 65.7 Å². The van der Waals surface area contributed by atoms with Crippen molar-refractivity contribution in [3.8, 4) is 11.1 Å². The largest absolute Gasteiger partial charge is 0.0654 e. The molecule has 0 heteroatoms. The van der Waals surface area contributed by atoms with E-state index in [0.29, 0.717) is 0 Å². The van der Waals surface area contributed by atoms with Gasteiger partial charge in [-0.1, -0.05) is 114 Å². The fourth-order valence-corrected chi connectivity index (χ4v) is 5.25. The van der Waals surface area contributed by atoms with Gasteiger partial charge in [0.25, 0.3) is 0 Å². The summed E-state index contributed by atoms with van der Waals surface area (Å²) in [6.07, 6.45) is 15.2. The van der Waals surface area contributed by atoms with Gasteiger partial charge in [0.2, 0.25) is 0 Å². The zero-order valence-electron chi connectivity index (χ0n) is 19.1. The third-order valence-electron chi connectivity index (χ3n) is 7.25. The van der Waals surface area contributed by atoms with Crippen molar-refractivity contribution in [1.29, 1.82) is 0 Å². The summed E-state index contributed by atoms with van der Waals surface area (Å²) in [6.45, 7) is 7.05. The van der Waals surface area contributed by atoms with E-state index in [9.17, 15) is 0 Å². The summed E-state index contributed by atoms with van der Waals surface area (Å²) in [6, 6.07) is 18.5. The van der Waals surface area contributed by atoms with Crippen LogP contribution in [0, 0.1) is 17.8 Å². The summed E-state index contributed by atoms with van der Waals surface area (Å²) in [5.74, 6) is 2.77. The lowest BCUT2D eigenvalue weighted by molar-refractivity contribution is 0.204. The van der Waals surface area contributed by atoms with Crippen LogP contribution in [0.25, 0.3) is 11.1 Å². The minimum absolute atomic E-state index is 0.811. The monoisotopic (exact) mass is 390 g/mol. The molecule has 1 fully saturated rings. The summed E-state index contributed by atoms with van der Waals surface area (Å²) >= 11 is 0. The van der Waals surface area contributed by atoms with Gasteiger partial charge in [0, 0.05) is 0 Å². The van der Waals surface area contributed by atoms with Gasteiger partial charge < -0.3 is 0 Å². The van der Waals surface area contributed by atoms with Crippen LogP contribution in [-0.4, -0.2) is 0 Å². The molecule has 1 unspecified atom stereocenters. The van der Waals surface area contributed by atoms with Gasteiger partial charge in [0.15, 0.2) is 0 Å². The molecule has 1 aliphatic carbocycles. The van der Waals surface area contributed by atoms with Gasteiger partial charge in [0.1, 0.15) is 0 Å². The Morgan fingerprint density at radius 3 is 1.86 bits per heavy atom. The molecule has 0 heterocycles. The molecule has 1 saturated carbocycles. The van der Waals surface area contributed by atoms with Crippen LogP contribution >= 0.6 is 0 Å². The van der Waals surface area contributed by atoms with Gasteiger partial charge in [-0.15, -0.1) is 0 Å². The van der Waals surface area contributed by atoms with E-state index in [4.69, 9.17) is 0 Å². The molecule has 2 aromatic rings. The first kappa shape index (κ1) is 22.1. The predicted molar refractivity (Wildman–Crippen MR) is 128 cm³/mol. The topological polar surface area (TPSA) is 0 Å².